The highest BCUT2D eigenvalue weighted by Gasteiger charge is 2.21. The number of carbonyl (C=O) groups excluding carboxylic acids is 1. The number of thiophene rings is 1. The van der Waals surface area contributed by atoms with E-state index in [1.54, 1.807) is 18.2 Å². The number of nitrogen functional groups attached to an aromatic ring is 1. The Balaban J connectivity index is 2.32. The second-order valence-corrected chi connectivity index (χ2v) is 5.12. The second-order valence-electron chi connectivity index (χ2n) is 4.07. The van der Waals surface area contributed by atoms with Gasteiger partial charge in [0, 0.05) is 26.4 Å². The third-order valence-electron chi connectivity index (χ3n) is 2.91. The summed E-state index contributed by atoms with van der Waals surface area (Å²) in [5, 5.41) is 0. The van der Waals surface area contributed by atoms with Gasteiger partial charge in [-0.2, -0.15) is 0 Å². The molecule has 2 N–H and O–H groups in total. The molecule has 0 saturated heterocycles. The van der Waals surface area contributed by atoms with E-state index in [9.17, 15) is 4.79 Å². The van der Waals surface area contributed by atoms with Crippen LogP contribution >= 0.6 is 11.3 Å². The molecule has 0 fully saturated rings. The number of rotatable bonds is 5. The van der Waals surface area contributed by atoms with Crippen LogP contribution in [0, 0.1) is 0 Å². The van der Waals surface area contributed by atoms with Crippen LogP contribution in [-0.4, -0.2) is 42.6 Å². The predicted octanol–water partition coefficient (Wildman–Crippen LogP) is 1.99. The Labute approximate surface area is 116 Å². The average Bonchev–Trinajstić information content (AvgIpc) is 2.77. The SMILES string of the molecule is CCN(CCOC)C(=O)c1sc2cccnc2c1N. The number of pyridine rings is 1. The molecule has 6 heteroatoms. The molecule has 0 aliphatic carbocycles. The Morgan fingerprint density at radius 3 is 3.00 bits per heavy atom. The Kier molecular flexibility index (Phi) is 4.34. The molecular formula is C13H17N3O2S. The molecule has 0 spiro atoms. The van der Waals surface area contributed by atoms with Gasteiger partial charge >= 0.3 is 0 Å². The number of aromatic nitrogens is 1. The molecule has 5 nitrogen and oxygen atoms in total. The number of hydrogen-bond donors (Lipinski definition) is 1. The van der Waals surface area contributed by atoms with E-state index in [-0.39, 0.29) is 5.91 Å². The second kappa shape index (κ2) is 5.99. The summed E-state index contributed by atoms with van der Waals surface area (Å²) in [5.41, 5.74) is 7.21. The molecule has 2 heterocycles. The lowest BCUT2D eigenvalue weighted by atomic mass is 10.3. The molecule has 0 aliphatic heterocycles. The van der Waals surface area contributed by atoms with Gasteiger partial charge in [0.1, 0.15) is 10.4 Å². The molecule has 2 rings (SSSR count). The number of carbonyl (C=O) groups is 1. The Morgan fingerprint density at radius 1 is 1.58 bits per heavy atom. The van der Waals surface area contributed by atoms with Crippen LogP contribution in [0.3, 0.4) is 0 Å². The van der Waals surface area contributed by atoms with Crippen molar-refractivity contribution in [3.63, 3.8) is 0 Å². The van der Waals surface area contributed by atoms with E-state index in [2.05, 4.69) is 4.98 Å². The first-order chi connectivity index (χ1) is 9.19. The van der Waals surface area contributed by atoms with Gasteiger partial charge in [0.25, 0.3) is 5.91 Å². The summed E-state index contributed by atoms with van der Waals surface area (Å²) in [6.45, 7) is 3.65. The highest BCUT2D eigenvalue weighted by Crippen LogP contribution is 2.32. The third-order valence-corrected chi connectivity index (χ3v) is 4.06. The molecule has 2 aromatic rings. The molecule has 0 radical (unpaired) electrons. The molecular weight excluding hydrogens is 262 g/mol. The maximum atomic E-state index is 12.4. The van der Waals surface area contributed by atoms with E-state index < -0.39 is 0 Å². The fourth-order valence-corrected chi connectivity index (χ4v) is 2.90. The summed E-state index contributed by atoms with van der Waals surface area (Å²) < 4.78 is 5.95. The van der Waals surface area contributed by atoms with Crippen molar-refractivity contribution < 1.29 is 9.53 Å². The fraction of sp³-hybridized carbons (Fsp3) is 0.385. The lowest BCUT2D eigenvalue weighted by molar-refractivity contribution is 0.0712. The molecule has 0 aromatic carbocycles. The van der Waals surface area contributed by atoms with E-state index in [1.807, 2.05) is 19.1 Å². The van der Waals surface area contributed by atoms with E-state index >= 15 is 0 Å². The number of hydrogen-bond acceptors (Lipinski definition) is 5. The number of likely N-dealkylation sites (N-methyl/N-ethyl adjacent to an activating group) is 1. The van der Waals surface area contributed by atoms with E-state index in [4.69, 9.17) is 10.5 Å². The van der Waals surface area contributed by atoms with Crippen molar-refractivity contribution in [3.05, 3.63) is 23.2 Å². The predicted molar refractivity (Wildman–Crippen MR) is 77.5 cm³/mol. The Hall–Kier alpha value is -1.66. The molecule has 1 amide bonds. The number of fused-ring (bicyclic) bond motifs is 1. The lowest BCUT2D eigenvalue weighted by Crippen LogP contribution is -2.33. The van der Waals surface area contributed by atoms with E-state index in [0.717, 1.165) is 4.70 Å². The monoisotopic (exact) mass is 279 g/mol. The van der Waals surface area contributed by atoms with Crippen molar-refractivity contribution in [2.45, 2.75) is 6.92 Å². The number of amides is 1. The van der Waals surface area contributed by atoms with Crippen LogP contribution in [-0.2, 0) is 4.74 Å². The molecule has 0 unspecified atom stereocenters. The fourth-order valence-electron chi connectivity index (χ4n) is 1.85. The first-order valence-corrected chi connectivity index (χ1v) is 6.91. The summed E-state index contributed by atoms with van der Waals surface area (Å²) in [7, 11) is 1.62. The highest BCUT2D eigenvalue weighted by molar-refractivity contribution is 7.21. The van der Waals surface area contributed by atoms with Crippen LogP contribution in [0.5, 0.6) is 0 Å². The molecule has 0 saturated carbocycles. The van der Waals surface area contributed by atoms with Crippen LogP contribution in [0.4, 0.5) is 5.69 Å². The lowest BCUT2D eigenvalue weighted by Gasteiger charge is -2.19. The Morgan fingerprint density at radius 2 is 2.37 bits per heavy atom. The first kappa shape index (κ1) is 13.8. The van der Waals surface area contributed by atoms with Crippen LogP contribution in [0.15, 0.2) is 18.3 Å². The minimum Gasteiger partial charge on any atom is -0.396 e. The third kappa shape index (κ3) is 2.69. The van der Waals surface area contributed by atoms with Gasteiger partial charge in [0.2, 0.25) is 0 Å². The minimum absolute atomic E-state index is 0.0555. The molecule has 2 aromatic heterocycles. The van der Waals surface area contributed by atoms with Gasteiger partial charge in [-0.15, -0.1) is 11.3 Å². The van der Waals surface area contributed by atoms with E-state index in [1.165, 1.54) is 11.3 Å². The quantitative estimate of drug-likeness (QED) is 0.908. The maximum Gasteiger partial charge on any atom is 0.266 e. The summed E-state index contributed by atoms with van der Waals surface area (Å²) in [6.07, 6.45) is 1.68. The van der Waals surface area contributed by atoms with Gasteiger partial charge in [-0.25, -0.2) is 0 Å². The van der Waals surface area contributed by atoms with Gasteiger partial charge in [-0.1, -0.05) is 0 Å². The normalized spacial score (nSPS) is 10.8. The van der Waals surface area contributed by atoms with Gasteiger partial charge in [0.05, 0.1) is 17.0 Å². The zero-order valence-electron chi connectivity index (χ0n) is 11.0. The Bertz CT molecular complexity index is 582. The van der Waals surface area contributed by atoms with Crippen molar-refractivity contribution in [2.75, 3.05) is 32.5 Å². The smallest absolute Gasteiger partial charge is 0.266 e. The van der Waals surface area contributed by atoms with Gasteiger partial charge in [-0.3, -0.25) is 9.78 Å². The highest BCUT2D eigenvalue weighted by atomic mass is 32.1. The molecule has 0 atom stereocenters. The average molecular weight is 279 g/mol. The zero-order valence-corrected chi connectivity index (χ0v) is 11.9. The zero-order chi connectivity index (χ0) is 13.8. The van der Waals surface area contributed by atoms with E-state index in [0.29, 0.717) is 35.8 Å². The summed E-state index contributed by atoms with van der Waals surface area (Å²) >= 11 is 1.39. The molecule has 0 bridgehead atoms. The first-order valence-electron chi connectivity index (χ1n) is 6.10. The number of anilines is 1. The summed E-state index contributed by atoms with van der Waals surface area (Å²) in [5.74, 6) is -0.0555. The topological polar surface area (TPSA) is 68.5 Å². The van der Waals surface area contributed by atoms with Gasteiger partial charge < -0.3 is 15.4 Å². The maximum absolute atomic E-state index is 12.4. The van der Waals surface area contributed by atoms with Gasteiger partial charge in [0.15, 0.2) is 0 Å². The molecule has 102 valence electrons. The number of methoxy groups -OCH3 is 1. The number of nitrogens with two attached hydrogens (primary N) is 1. The van der Waals surface area contributed by atoms with Crippen LogP contribution in [0.1, 0.15) is 16.6 Å². The molecule has 19 heavy (non-hydrogen) atoms. The standard InChI is InChI=1S/C13H17N3O2S/c1-3-16(7-8-18-2)13(17)12-10(14)11-9(19-12)5-4-6-15-11/h4-6H,3,7-8,14H2,1-2H3. The minimum atomic E-state index is -0.0555. The number of nitrogens with zero attached hydrogens (tertiary/aromatic N) is 2. The summed E-state index contributed by atoms with van der Waals surface area (Å²) in [4.78, 5) is 19.0. The largest absolute Gasteiger partial charge is 0.396 e. The summed E-state index contributed by atoms with van der Waals surface area (Å²) in [6, 6.07) is 3.76. The van der Waals surface area contributed by atoms with Crippen LogP contribution in [0.25, 0.3) is 10.2 Å². The number of ether oxygens (including phenoxy) is 1. The van der Waals surface area contributed by atoms with Crippen molar-refractivity contribution in [1.82, 2.24) is 9.88 Å². The van der Waals surface area contributed by atoms with Crippen molar-refractivity contribution in [2.24, 2.45) is 0 Å². The van der Waals surface area contributed by atoms with Gasteiger partial charge in [-0.05, 0) is 19.1 Å². The van der Waals surface area contributed by atoms with Crippen molar-refractivity contribution in [3.8, 4) is 0 Å². The van der Waals surface area contributed by atoms with Crippen molar-refractivity contribution >= 4 is 33.1 Å². The van der Waals surface area contributed by atoms with Crippen LogP contribution < -0.4 is 5.73 Å². The molecule has 0 aliphatic rings. The van der Waals surface area contributed by atoms with Crippen molar-refractivity contribution in [1.29, 1.82) is 0 Å². The van der Waals surface area contributed by atoms with Crippen LogP contribution in [0.2, 0.25) is 0 Å².